The zero-order valence-electron chi connectivity index (χ0n) is 20.9. The van der Waals surface area contributed by atoms with Crippen LogP contribution < -0.4 is 20.1 Å². The van der Waals surface area contributed by atoms with Crippen LogP contribution in [0.2, 0.25) is 0 Å². The van der Waals surface area contributed by atoms with Crippen LogP contribution in [0.5, 0.6) is 5.75 Å². The summed E-state index contributed by atoms with van der Waals surface area (Å²) in [5, 5.41) is 6.06. The largest absolute Gasteiger partial charge is 0.497 e. The highest BCUT2D eigenvalue weighted by Gasteiger charge is 2.21. The Bertz CT molecular complexity index is 1430. The number of hydrogen-bond donors (Lipinski definition) is 3. The summed E-state index contributed by atoms with van der Waals surface area (Å²) in [6, 6.07) is 19.1. The van der Waals surface area contributed by atoms with Gasteiger partial charge in [-0.05, 0) is 85.3 Å². The molecule has 0 aliphatic rings. The van der Waals surface area contributed by atoms with E-state index in [-0.39, 0.29) is 21.9 Å². The minimum Gasteiger partial charge on any atom is -0.497 e. The molecule has 3 aromatic rings. The molecule has 0 bridgehead atoms. The number of allylic oxidation sites excluding steroid dienone is 2. The Labute approximate surface area is 217 Å². The molecule has 3 rings (SSSR count). The molecule has 0 fully saturated rings. The molecule has 192 valence electrons. The first-order valence-corrected chi connectivity index (χ1v) is 12.7. The number of rotatable bonds is 11. The van der Waals surface area contributed by atoms with Crippen molar-refractivity contribution in [1.82, 2.24) is 4.72 Å². The number of amides is 1. The van der Waals surface area contributed by atoms with Crippen LogP contribution in [0.4, 0.5) is 17.1 Å². The Morgan fingerprint density at radius 2 is 1.46 bits per heavy atom. The quantitative estimate of drug-likeness (QED) is 0.228. The number of carbonyl (C=O) groups excluding carboxylic acids is 1. The summed E-state index contributed by atoms with van der Waals surface area (Å²) < 4.78 is 38.9. The van der Waals surface area contributed by atoms with E-state index in [1.807, 2.05) is 36.4 Å². The second-order valence-electron chi connectivity index (χ2n) is 7.86. The lowest BCUT2D eigenvalue weighted by atomic mass is 10.1. The number of nitrogens with one attached hydrogen (secondary N) is 3. The van der Waals surface area contributed by atoms with Crippen molar-refractivity contribution in [3.8, 4) is 5.75 Å². The second kappa shape index (κ2) is 12.0. The van der Waals surface area contributed by atoms with Crippen molar-refractivity contribution >= 4 is 33.0 Å². The van der Waals surface area contributed by atoms with E-state index in [4.69, 9.17) is 9.47 Å². The van der Waals surface area contributed by atoms with Crippen LogP contribution in [-0.2, 0) is 14.8 Å². The number of hydrogen-bond acceptors (Lipinski definition) is 6. The molecule has 37 heavy (non-hydrogen) atoms. The average Bonchev–Trinajstić information content (AvgIpc) is 2.90. The lowest BCUT2D eigenvalue weighted by Gasteiger charge is -2.14. The third-order valence-electron chi connectivity index (χ3n) is 5.38. The van der Waals surface area contributed by atoms with Gasteiger partial charge in [-0.15, -0.1) is 0 Å². The molecule has 0 aliphatic carbocycles. The predicted octanol–water partition coefficient (Wildman–Crippen LogP) is 5.51. The standard InChI is InChI=1S/C28H29N3O5S/c1-6-25(26(7-2)36-5)31-37(33,34)27-18-20(9-8-19(27)3)28(32)30-23-12-10-21(11-13-23)29-22-14-16-24(35-4)17-15-22/h6-18,29,31H,1-2H2,3-5H3,(H,30,32)/b26-25-. The van der Waals surface area contributed by atoms with Gasteiger partial charge in [0.2, 0.25) is 0 Å². The molecule has 0 saturated heterocycles. The molecule has 3 aromatic carbocycles. The van der Waals surface area contributed by atoms with Gasteiger partial charge in [-0.1, -0.05) is 19.2 Å². The molecule has 8 nitrogen and oxygen atoms in total. The van der Waals surface area contributed by atoms with Gasteiger partial charge in [0.1, 0.15) is 11.5 Å². The summed E-state index contributed by atoms with van der Waals surface area (Å²) in [7, 11) is -1.03. The number of benzene rings is 3. The molecule has 0 aliphatic heterocycles. The molecule has 0 spiro atoms. The molecular weight excluding hydrogens is 490 g/mol. The molecule has 0 saturated carbocycles. The molecule has 9 heteroatoms. The van der Waals surface area contributed by atoms with Crippen molar-refractivity contribution in [2.24, 2.45) is 0 Å². The lowest BCUT2D eigenvalue weighted by Crippen LogP contribution is -2.25. The summed E-state index contributed by atoms with van der Waals surface area (Å²) in [5.41, 5.74) is 3.07. The summed E-state index contributed by atoms with van der Waals surface area (Å²) in [6.45, 7) is 8.87. The maximum absolute atomic E-state index is 13.1. The maximum atomic E-state index is 13.1. The first kappa shape index (κ1) is 27.1. The third-order valence-corrected chi connectivity index (χ3v) is 6.89. The van der Waals surface area contributed by atoms with Crippen LogP contribution in [0, 0.1) is 6.92 Å². The zero-order chi connectivity index (χ0) is 27.0. The van der Waals surface area contributed by atoms with E-state index in [1.165, 1.54) is 25.3 Å². The topological polar surface area (TPSA) is 106 Å². The second-order valence-corrected chi connectivity index (χ2v) is 9.51. The van der Waals surface area contributed by atoms with Crippen LogP contribution in [-0.4, -0.2) is 28.5 Å². The molecular formula is C28H29N3O5S. The van der Waals surface area contributed by atoms with E-state index in [1.54, 1.807) is 38.3 Å². The van der Waals surface area contributed by atoms with Crippen molar-refractivity contribution in [3.63, 3.8) is 0 Å². The van der Waals surface area contributed by atoms with E-state index in [2.05, 4.69) is 28.5 Å². The van der Waals surface area contributed by atoms with E-state index in [0.717, 1.165) is 17.1 Å². The number of carbonyl (C=O) groups is 1. The van der Waals surface area contributed by atoms with Gasteiger partial charge in [0.15, 0.2) is 0 Å². The van der Waals surface area contributed by atoms with E-state index in [0.29, 0.717) is 11.3 Å². The first-order chi connectivity index (χ1) is 17.7. The number of methoxy groups -OCH3 is 2. The van der Waals surface area contributed by atoms with Gasteiger partial charge in [0, 0.05) is 22.6 Å². The minimum atomic E-state index is -4.04. The van der Waals surface area contributed by atoms with Gasteiger partial charge in [0.25, 0.3) is 15.9 Å². The SMILES string of the molecule is C=C/C(NS(=O)(=O)c1cc(C(=O)Nc2ccc(Nc3ccc(OC)cc3)cc2)ccc1C)=C(\C=C)OC. The molecule has 0 unspecified atom stereocenters. The van der Waals surface area contributed by atoms with Gasteiger partial charge in [-0.3, -0.25) is 9.52 Å². The van der Waals surface area contributed by atoms with Crippen molar-refractivity contribution in [3.05, 3.63) is 115 Å². The fraction of sp³-hybridized carbons (Fsp3) is 0.107. The predicted molar refractivity (Wildman–Crippen MR) is 147 cm³/mol. The zero-order valence-corrected chi connectivity index (χ0v) is 21.7. The normalized spacial score (nSPS) is 11.5. The molecule has 0 aromatic heterocycles. The molecule has 3 N–H and O–H groups in total. The van der Waals surface area contributed by atoms with E-state index < -0.39 is 15.9 Å². The van der Waals surface area contributed by atoms with Crippen molar-refractivity contribution in [2.75, 3.05) is 24.9 Å². The maximum Gasteiger partial charge on any atom is 0.262 e. The number of ether oxygens (including phenoxy) is 2. The highest BCUT2D eigenvalue weighted by atomic mass is 32.2. The fourth-order valence-electron chi connectivity index (χ4n) is 3.41. The van der Waals surface area contributed by atoms with E-state index >= 15 is 0 Å². The smallest absolute Gasteiger partial charge is 0.262 e. The van der Waals surface area contributed by atoms with Crippen LogP contribution >= 0.6 is 0 Å². The number of sulfonamides is 1. The molecule has 0 heterocycles. The van der Waals surface area contributed by atoms with Crippen molar-refractivity contribution in [1.29, 1.82) is 0 Å². The molecule has 0 atom stereocenters. The summed E-state index contributed by atoms with van der Waals surface area (Å²) in [5.74, 6) is 0.533. The van der Waals surface area contributed by atoms with Crippen LogP contribution in [0.25, 0.3) is 0 Å². The number of aryl methyl sites for hydroxylation is 1. The Hall–Kier alpha value is -4.50. The van der Waals surface area contributed by atoms with Crippen LogP contribution in [0.3, 0.4) is 0 Å². The Morgan fingerprint density at radius 1 is 0.865 bits per heavy atom. The fourth-order valence-corrected chi connectivity index (χ4v) is 4.76. The van der Waals surface area contributed by atoms with E-state index in [9.17, 15) is 13.2 Å². The number of anilines is 3. The Balaban J connectivity index is 1.76. The Kier molecular flexibility index (Phi) is 8.76. The minimum absolute atomic E-state index is 0.0435. The van der Waals surface area contributed by atoms with Gasteiger partial charge in [0.05, 0.1) is 24.8 Å². The van der Waals surface area contributed by atoms with Gasteiger partial charge < -0.3 is 20.1 Å². The lowest BCUT2D eigenvalue weighted by molar-refractivity contribution is 0.102. The Morgan fingerprint density at radius 3 is 2.00 bits per heavy atom. The average molecular weight is 520 g/mol. The first-order valence-electron chi connectivity index (χ1n) is 11.2. The van der Waals surface area contributed by atoms with Crippen molar-refractivity contribution in [2.45, 2.75) is 11.8 Å². The summed E-state index contributed by atoms with van der Waals surface area (Å²) >= 11 is 0. The van der Waals surface area contributed by atoms with Crippen LogP contribution in [0.1, 0.15) is 15.9 Å². The van der Waals surface area contributed by atoms with Gasteiger partial charge in [-0.25, -0.2) is 8.42 Å². The van der Waals surface area contributed by atoms with Gasteiger partial charge >= 0.3 is 0 Å². The van der Waals surface area contributed by atoms with Crippen LogP contribution in [0.15, 0.2) is 108 Å². The molecule has 0 radical (unpaired) electrons. The molecule has 1 amide bonds. The van der Waals surface area contributed by atoms with Crippen molar-refractivity contribution < 1.29 is 22.7 Å². The summed E-state index contributed by atoms with van der Waals surface area (Å²) in [6.07, 6.45) is 2.69. The highest BCUT2D eigenvalue weighted by molar-refractivity contribution is 7.89. The monoisotopic (exact) mass is 519 g/mol. The summed E-state index contributed by atoms with van der Waals surface area (Å²) in [4.78, 5) is 12.9. The third kappa shape index (κ3) is 6.80. The highest BCUT2D eigenvalue weighted by Crippen LogP contribution is 2.23. The van der Waals surface area contributed by atoms with Gasteiger partial charge in [-0.2, -0.15) is 0 Å².